The van der Waals surface area contributed by atoms with Gasteiger partial charge in [-0.25, -0.2) is 9.59 Å². The molecule has 6 heteroatoms. The fourth-order valence-corrected chi connectivity index (χ4v) is 0.228. The van der Waals surface area contributed by atoms with Crippen molar-refractivity contribution in [1.82, 2.24) is 10.2 Å². The van der Waals surface area contributed by atoms with Crippen molar-refractivity contribution in [3.8, 4) is 0 Å². The highest BCUT2D eigenvalue weighted by Gasteiger charge is 2.00. The molecule has 6 nitrogen and oxygen atoms in total. The Labute approximate surface area is 64.3 Å². The third-order valence-electron chi connectivity index (χ3n) is 0.823. The van der Waals surface area contributed by atoms with Gasteiger partial charge in [0.25, 0.3) is 0 Å². The summed E-state index contributed by atoms with van der Waals surface area (Å²) in [5.74, 6) is 0. The number of rotatable bonds is 0. The lowest BCUT2D eigenvalue weighted by Crippen LogP contribution is -2.18. The summed E-state index contributed by atoms with van der Waals surface area (Å²) in [4.78, 5) is 22.3. The first-order valence-electron chi connectivity index (χ1n) is 2.92. The minimum atomic E-state index is -0.639. The maximum absolute atomic E-state index is 10.6. The van der Waals surface area contributed by atoms with Crippen LogP contribution >= 0.6 is 0 Å². The summed E-state index contributed by atoms with van der Waals surface area (Å²) in [5, 5.41) is 8.33. The summed E-state index contributed by atoms with van der Waals surface area (Å²) >= 11 is 0. The third-order valence-corrected chi connectivity index (χ3v) is 0.823. The van der Waals surface area contributed by atoms with E-state index < -0.39 is 12.1 Å². The highest BCUT2D eigenvalue weighted by molar-refractivity contribution is 5.79. The smallest absolute Gasteiger partial charge is 0.338 e. The zero-order chi connectivity index (χ0) is 8.85. The Bertz CT molecular complexity index is 187. The lowest BCUT2D eigenvalue weighted by Gasteiger charge is -2.02. The van der Waals surface area contributed by atoms with Gasteiger partial charge in [0.1, 0.15) is 0 Å². The molecule has 11 heavy (non-hydrogen) atoms. The van der Waals surface area contributed by atoms with Crippen molar-refractivity contribution in [3.63, 3.8) is 0 Å². The Balaban J connectivity index is 3.93. The number of amides is 4. The fourth-order valence-electron chi connectivity index (χ4n) is 0.228. The molecule has 0 heterocycles. The van der Waals surface area contributed by atoms with Gasteiger partial charge >= 0.3 is 12.1 Å². The second-order valence-corrected chi connectivity index (χ2v) is 1.93. The molecule has 4 amide bonds. The standard InChI is InChI=1S/C5H10N4O2/c1-6-4(10)7-8-5(11)9(2)3/h1-3H3,(H,6,10)/b8-7+. The van der Waals surface area contributed by atoms with Crippen molar-refractivity contribution in [3.05, 3.63) is 0 Å². The van der Waals surface area contributed by atoms with Crippen LogP contribution in [0.3, 0.4) is 0 Å². The zero-order valence-corrected chi connectivity index (χ0v) is 6.66. The minimum absolute atomic E-state index is 0.561. The predicted molar refractivity (Wildman–Crippen MR) is 38.4 cm³/mol. The van der Waals surface area contributed by atoms with Gasteiger partial charge in [-0.15, -0.1) is 0 Å². The topological polar surface area (TPSA) is 74.1 Å². The van der Waals surface area contributed by atoms with Crippen molar-refractivity contribution in [2.75, 3.05) is 21.1 Å². The molecule has 0 aliphatic rings. The maximum atomic E-state index is 10.6. The molecule has 0 spiro atoms. The molecule has 0 saturated heterocycles. The Hall–Kier alpha value is -1.46. The Morgan fingerprint density at radius 3 is 2.18 bits per heavy atom. The zero-order valence-electron chi connectivity index (χ0n) is 6.66. The fraction of sp³-hybridized carbons (Fsp3) is 0.600. The molecule has 0 fully saturated rings. The van der Waals surface area contributed by atoms with Gasteiger partial charge in [0.05, 0.1) is 0 Å². The van der Waals surface area contributed by atoms with E-state index in [2.05, 4.69) is 15.5 Å². The number of carbonyl (C=O) groups excluding carboxylic acids is 2. The number of azo groups is 1. The van der Waals surface area contributed by atoms with Crippen LogP contribution in [0.25, 0.3) is 0 Å². The second kappa shape index (κ2) is 4.37. The SMILES string of the molecule is CNC(=O)/N=N/C(=O)N(C)C. The molecule has 0 aliphatic carbocycles. The van der Waals surface area contributed by atoms with E-state index in [9.17, 15) is 9.59 Å². The van der Waals surface area contributed by atoms with Crippen LogP contribution in [-0.2, 0) is 0 Å². The molecule has 0 radical (unpaired) electrons. The number of hydrogen-bond acceptors (Lipinski definition) is 2. The molecule has 0 rings (SSSR count). The first-order chi connectivity index (χ1) is 5.07. The Morgan fingerprint density at radius 1 is 1.27 bits per heavy atom. The molecule has 0 aromatic heterocycles. The molecule has 0 atom stereocenters. The van der Waals surface area contributed by atoms with Crippen molar-refractivity contribution < 1.29 is 9.59 Å². The van der Waals surface area contributed by atoms with Crippen molar-refractivity contribution in [2.24, 2.45) is 10.2 Å². The summed E-state index contributed by atoms with van der Waals surface area (Å²) in [6.45, 7) is 0. The van der Waals surface area contributed by atoms with Gasteiger partial charge in [-0.3, -0.25) is 0 Å². The lowest BCUT2D eigenvalue weighted by molar-refractivity contribution is 0.224. The monoisotopic (exact) mass is 158 g/mol. The summed E-state index contributed by atoms with van der Waals surface area (Å²) < 4.78 is 0. The molecule has 0 aromatic rings. The minimum Gasteiger partial charge on any atom is -0.338 e. The van der Waals surface area contributed by atoms with Gasteiger partial charge in [0.2, 0.25) is 0 Å². The maximum Gasteiger partial charge on any atom is 0.361 e. The normalized spacial score (nSPS) is 9.73. The Kier molecular flexibility index (Phi) is 3.79. The van der Waals surface area contributed by atoms with Crippen molar-refractivity contribution in [2.45, 2.75) is 0 Å². The van der Waals surface area contributed by atoms with E-state index in [-0.39, 0.29) is 0 Å². The van der Waals surface area contributed by atoms with Crippen LogP contribution in [-0.4, -0.2) is 38.1 Å². The number of carbonyl (C=O) groups is 2. The van der Waals surface area contributed by atoms with Gasteiger partial charge in [-0.1, -0.05) is 10.2 Å². The first-order valence-corrected chi connectivity index (χ1v) is 2.92. The van der Waals surface area contributed by atoms with Gasteiger partial charge in [0, 0.05) is 21.1 Å². The van der Waals surface area contributed by atoms with Crippen molar-refractivity contribution in [1.29, 1.82) is 0 Å². The van der Waals surface area contributed by atoms with Crippen molar-refractivity contribution >= 4 is 12.1 Å². The molecule has 0 unspecified atom stereocenters. The first kappa shape index (κ1) is 9.54. The number of urea groups is 2. The molecule has 1 N–H and O–H groups in total. The van der Waals surface area contributed by atoms with E-state index in [0.29, 0.717) is 0 Å². The second-order valence-electron chi connectivity index (χ2n) is 1.93. The van der Waals surface area contributed by atoms with Crippen LogP contribution < -0.4 is 5.32 Å². The van der Waals surface area contributed by atoms with Crippen LogP contribution in [0.4, 0.5) is 9.59 Å². The third kappa shape index (κ3) is 4.01. The summed E-state index contributed by atoms with van der Waals surface area (Å²) in [5.41, 5.74) is 0. The average Bonchev–Trinajstić information content (AvgIpc) is 1.99. The Morgan fingerprint density at radius 2 is 1.82 bits per heavy atom. The number of nitrogens with one attached hydrogen (secondary N) is 1. The van der Waals surface area contributed by atoms with Crippen LogP contribution in [0.1, 0.15) is 0 Å². The molecular formula is C5H10N4O2. The van der Waals surface area contributed by atoms with Crippen LogP contribution in [0.5, 0.6) is 0 Å². The summed E-state index contributed by atoms with van der Waals surface area (Å²) in [7, 11) is 4.44. The largest absolute Gasteiger partial charge is 0.361 e. The van der Waals surface area contributed by atoms with Gasteiger partial charge < -0.3 is 10.2 Å². The van der Waals surface area contributed by atoms with Gasteiger partial charge in [-0.05, 0) is 0 Å². The predicted octanol–water partition coefficient (Wildman–Crippen LogP) is 0.460. The lowest BCUT2D eigenvalue weighted by atomic mass is 10.9. The van der Waals surface area contributed by atoms with E-state index in [1.54, 1.807) is 0 Å². The van der Waals surface area contributed by atoms with Crippen LogP contribution in [0, 0.1) is 0 Å². The number of nitrogens with zero attached hydrogens (tertiary/aromatic N) is 3. The highest BCUT2D eigenvalue weighted by atomic mass is 16.2. The van der Waals surface area contributed by atoms with E-state index >= 15 is 0 Å². The van der Waals surface area contributed by atoms with E-state index in [0.717, 1.165) is 0 Å². The van der Waals surface area contributed by atoms with E-state index in [4.69, 9.17) is 0 Å². The molecule has 0 aliphatic heterocycles. The quantitative estimate of drug-likeness (QED) is 0.520. The molecule has 0 aromatic carbocycles. The summed E-state index contributed by atoms with van der Waals surface area (Å²) in [6, 6.07) is -1.20. The summed E-state index contributed by atoms with van der Waals surface area (Å²) in [6.07, 6.45) is 0. The van der Waals surface area contributed by atoms with E-state index in [1.807, 2.05) is 0 Å². The number of hydrogen-bond donors (Lipinski definition) is 1. The van der Waals surface area contributed by atoms with Crippen LogP contribution in [0.2, 0.25) is 0 Å². The molecular weight excluding hydrogens is 148 g/mol. The average molecular weight is 158 g/mol. The molecule has 0 bridgehead atoms. The van der Waals surface area contributed by atoms with Gasteiger partial charge in [0.15, 0.2) is 0 Å². The molecule has 62 valence electrons. The van der Waals surface area contributed by atoms with E-state index in [1.165, 1.54) is 26.0 Å². The van der Waals surface area contributed by atoms with Crippen LogP contribution in [0.15, 0.2) is 10.2 Å². The molecule has 0 saturated carbocycles. The van der Waals surface area contributed by atoms with Gasteiger partial charge in [-0.2, -0.15) is 0 Å². The highest BCUT2D eigenvalue weighted by Crippen LogP contribution is 1.85.